The zero-order valence-electron chi connectivity index (χ0n) is 11.1. The van der Waals surface area contributed by atoms with Crippen LogP contribution < -0.4 is 10.6 Å². The fourth-order valence-corrected chi connectivity index (χ4v) is 1.76. The molecule has 2 aromatic heterocycles. The number of nitrogens with one attached hydrogen (secondary N) is 2. The lowest BCUT2D eigenvalue weighted by atomic mass is 10.2. The van der Waals surface area contributed by atoms with Gasteiger partial charge in [-0.2, -0.15) is 5.10 Å². The Morgan fingerprint density at radius 2 is 2.32 bits per heavy atom. The maximum absolute atomic E-state index is 12.0. The molecule has 1 amide bonds. The third-order valence-corrected chi connectivity index (χ3v) is 2.74. The highest BCUT2D eigenvalue weighted by Gasteiger charge is 2.10. The number of aromatic nitrogens is 3. The molecule has 0 spiro atoms. The average molecular weight is 259 g/mol. The quantitative estimate of drug-likeness (QED) is 0.842. The first-order valence-corrected chi connectivity index (χ1v) is 6.10. The summed E-state index contributed by atoms with van der Waals surface area (Å²) in [4.78, 5) is 16.2. The monoisotopic (exact) mass is 259 g/mol. The summed E-state index contributed by atoms with van der Waals surface area (Å²) in [5.41, 5.74) is 2.20. The molecule has 0 aliphatic rings. The first kappa shape index (κ1) is 13.1. The minimum absolute atomic E-state index is 0.135. The summed E-state index contributed by atoms with van der Waals surface area (Å²) in [5.74, 6) is -0.135. The second-order valence-corrected chi connectivity index (χ2v) is 4.15. The number of rotatable bonds is 5. The van der Waals surface area contributed by atoms with Crippen LogP contribution in [0, 0.1) is 6.92 Å². The van der Waals surface area contributed by atoms with Gasteiger partial charge in [0.2, 0.25) is 0 Å². The topological polar surface area (TPSA) is 71.8 Å². The van der Waals surface area contributed by atoms with Crippen molar-refractivity contribution >= 4 is 11.6 Å². The minimum Gasteiger partial charge on any atom is -0.387 e. The largest absolute Gasteiger partial charge is 0.387 e. The zero-order chi connectivity index (χ0) is 13.7. The van der Waals surface area contributed by atoms with Gasteiger partial charge in [-0.3, -0.25) is 14.5 Å². The predicted octanol–water partition coefficient (Wildman–Crippen LogP) is 1.06. The van der Waals surface area contributed by atoms with Crippen LogP contribution in [0.2, 0.25) is 0 Å². The molecule has 0 aliphatic heterocycles. The molecular formula is C13H17N5O. The van der Waals surface area contributed by atoms with Crippen LogP contribution in [0.25, 0.3) is 0 Å². The Bertz CT molecular complexity index is 550. The van der Waals surface area contributed by atoms with Crippen molar-refractivity contribution in [2.24, 2.45) is 0 Å². The predicted molar refractivity (Wildman–Crippen MR) is 73.1 cm³/mol. The molecule has 19 heavy (non-hydrogen) atoms. The highest BCUT2D eigenvalue weighted by atomic mass is 16.1. The van der Waals surface area contributed by atoms with E-state index in [4.69, 9.17) is 0 Å². The van der Waals surface area contributed by atoms with Gasteiger partial charge in [0, 0.05) is 37.9 Å². The number of anilines is 1. The molecule has 0 fully saturated rings. The lowest BCUT2D eigenvalue weighted by Crippen LogP contribution is -2.28. The van der Waals surface area contributed by atoms with Crippen LogP contribution in [0.4, 0.5) is 5.69 Å². The summed E-state index contributed by atoms with van der Waals surface area (Å²) < 4.78 is 1.77. The van der Waals surface area contributed by atoms with Gasteiger partial charge in [0.05, 0.1) is 17.8 Å². The molecule has 0 unspecified atom stereocenters. The Morgan fingerprint density at radius 1 is 1.47 bits per heavy atom. The van der Waals surface area contributed by atoms with Crippen LogP contribution >= 0.6 is 0 Å². The Balaban J connectivity index is 1.96. The highest BCUT2D eigenvalue weighted by Crippen LogP contribution is 2.14. The Hall–Kier alpha value is -2.37. The molecule has 100 valence electrons. The van der Waals surface area contributed by atoms with Gasteiger partial charge in [0.15, 0.2) is 0 Å². The fourth-order valence-electron chi connectivity index (χ4n) is 1.76. The number of carbonyl (C=O) groups excluding carboxylic acids is 1. The minimum atomic E-state index is -0.135. The Labute approximate surface area is 111 Å². The highest BCUT2D eigenvalue weighted by molar-refractivity contribution is 5.99. The number of amides is 1. The van der Waals surface area contributed by atoms with Gasteiger partial charge < -0.3 is 10.6 Å². The summed E-state index contributed by atoms with van der Waals surface area (Å²) in [6, 6.07) is 3.70. The molecule has 2 aromatic rings. The van der Waals surface area contributed by atoms with E-state index < -0.39 is 0 Å². The van der Waals surface area contributed by atoms with Gasteiger partial charge in [0.25, 0.3) is 5.91 Å². The SMILES string of the molecule is CNc1cc(C)ncc1C(=O)NCCn1cccn1. The maximum Gasteiger partial charge on any atom is 0.255 e. The van der Waals surface area contributed by atoms with Crippen molar-refractivity contribution in [3.63, 3.8) is 0 Å². The van der Waals surface area contributed by atoms with Crippen LogP contribution in [0.5, 0.6) is 0 Å². The summed E-state index contributed by atoms with van der Waals surface area (Å²) in [6.07, 6.45) is 5.16. The molecule has 0 saturated heterocycles. The Kier molecular flexibility index (Phi) is 4.12. The zero-order valence-corrected chi connectivity index (χ0v) is 11.1. The van der Waals surface area contributed by atoms with Crippen molar-refractivity contribution in [3.8, 4) is 0 Å². The fraction of sp³-hybridized carbons (Fsp3) is 0.308. The third-order valence-electron chi connectivity index (χ3n) is 2.74. The van der Waals surface area contributed by atoms with Crippen molar-refractivity contribution in [1.82, 2.24) is 20.1 Å². The van der Waals surface area contributed by atoms with Gasteiger partial charge in [0.1, 0.15) is 0 Å². The second kappa shape index (κ2) is 5.99. The van der Waals surface area contributed by atoms with Gasteiger partial charge in [-0.15, -0.1) is 0 Å². The van der Waals surface area contributed by atoms with E-state index in [0.717, 1.165) is 11.4 Å². The third kappa shape index (κ3) is 3.31. The lowest BCUT2D eigenvalue weighted by molar-refractivity contribution is 0.0952. The smallest absolute Gasteiger partial charge is 0.255 e. The molecular weight excluding hydrogens is 242 g/mol. The van der Waals surface area contributed by atoms with E-state index in [9.17, 15) is 4.79 Å². The van der Waals surface area contributed by atoms with E-state index in [2.05, 4.69) is 20.7 Å². The van der Waals surface area contributed by atoms with E-state index in [1.165, 1.54) is 0 Å². The molecule has 6 nitrogen and oxygen atoms in total. The average Bonchev–Trinajstić information content (AvgIpc) is 2.91. The number of nitrogens with zero attached hydrogens (tertiary/aromatic N) is 3. The van der Waals surface area contributed by atoms with E-state index in [-0.39, 0.29) is 5.91 Å². The van der Waals surface area contributed by atoms with Crippen molar-refractivity contribution in [2.45, 2.75) is 13.5 Å². The molecule has 0 saturated carbocycles. The molecule has 0 aliphatic carbocycles. The first-order valence-electron chi connectivity index (χ1n) is 6.10. The standard InChI is InChI=1S/C13H17N5O/c1-10-8-12(14-2)11(9-16-10)13(19)15-5-7-18-6-3-4-17-18/h3-4,6,8-9H,5,7H2,1-2H3,(H,14,16)(H,15,19). The Morgan fingerprint density at radius 3 is 3.00 bits per heavy atom. The summed E-state index contributed by atoms with van der Waals surface area (Å²) in [7, 11) is 1.79. The van der Waals surface area contributed by atoms with Gasteiger partial charge in [-0.1, -0.05) is 0 Å². The van der Waals surface area contributed by atoms with E-state index in [1.807, 2.05) is 25.3 Å². The summed E-state index contributed by atoms with van der Waals surface area (Å²) in [6.45, 7) is 3.06. The lowest BCUT2D eigenvalue weighted by Gasteiger charge is -2.10. The normalized spacial score (nSPS) is 10.2. The van der Waals surface area contributed by atoms with Crippen molar-refractivity contribution in [2.75, 3.05) is 18.9 Å². The second-order valence-electron chi connectivity index (χ2n) is 4.15. The van der Waals surface area contributed by atoms with Gasteiger partial charge in [-0.25, -0.2) is 0 Å². The summed E-state index contributed by atoms with van der Waals surface area (Å²) in [5, 5.41) is 9.93. The van der Waals surface area contributed by atoms with Gasteiger partial charge in [-0.05, 0) is 19.1 Å². The molecule has 0 atom stereocenters. The molecule has 2 N–H and O–H groups in total. The van der Waals surface area contributed by atoms with Crippen molar-refractivity contribution < 1.29 is 4.79 Å². The van der Waals surface area contributed by atoms with Gasteiger partial charge >= 0.3 is 0 Å². The molecule has 0 bridgehead atoms. The number of carbonyl (C=O) groups is 1. The van der Waals surface area contributed by atoms with E-state index in [1.54, 1.807) is 24.1 Å². The van der Waals surface area contributed by atoms with Crippen LogP contribution in [-0.2, 0) is 6.54 Å². The number of aryl methyl sites for hydroxylation is 1. The van der Waals surface area contributed by atoms with Crippen LogP contribution in [0.1, 0.15) is 16.1 Å². The van der Waals surface area contributed by atoms with Crippen LogP contribution in [0.15, 0.2) is 30.7 Å². The first-order chi connectivity index (χ1) is 9.20. The number of hydrogen-bond acceptors (Lipinski definition) is 4. The van der Waals surface area contributed by atoms with Crippen molar-refractivity contribution in [1.29, 1.82) is 0 Å². The number of hydrogen-bond donors (Lipinski definition) is 2. The van der Waals surface area contributed by atoms with Crippen molar-refractivity contribution in [3.05, 3.63) is 42.0 Å². The maximum atomic E-state index is 12.0. The molecule has 2 heterocycles. The van der Waals surface area contributed by atoms with Crippen LogP contribution in [-0.4, -0.2) is 34.3 Å². The summed E-state index contributed by atoms with van der Waals surface area (Å²) >= 11 is 0. The van der Waals surface area contributed by atoms with E-state index in [0.29, 0.717) is 18.7 Å². The molecule has 0 aromatic carbocycles. The molecule has 0 radical (unpaired) electrons. The molecule has 2 rings (SSSR count). The number of pyridine rings is 1. The molecule has 6 heteroatoms. The van der Waals surface area contributed by atoms with Crippen LogP contribution in [0.3, 0.4) is 0 Å². The van der Waals surface area contributed by atoms with E-state index >= 15 is 0 Å².